The van der Waals surface area contributed by atoms with Gasteiger partial charge in [-0.25, -0.2) is 4.79 Å². The van der Waals surface area contributed by atoms with Crippen molar-refractivity contribution in [3.05, 3.63) is 23.8 Å². The molecule has 0 unspecified atom stereocenters. The molecule has 0 saturated carbocycles. The van der Waals surface area contributed by atoms with Crippen molar-refractivity contribution in [3.63, 3.8) is 0 Å². The zero-order valence-corrected chi connectivity index (χ0v) is 13.1. The zero-order valence-electron chi connectivity index (χ0n) is 13.1. The molecule has 0 aliphatic carbocycles. The van der Waals surface area contributed by atoms with Gasteiger partial charge in [0.05, 0.1) is 12.3 Å². The second-order valence-corrected chi connectivity index (χ2v) is 6.16. The highest BCUT2D eigenvalue weighted by atomic mass is 16.5. The lowest BCUT2D eigenvalue weighted by Crippen LogP contribution is -2.39. The van der Waals surface area contributed by atoms with Gasteiger partial charge in [0.2, 0.25) is 0 Å². The Labute approximate surface area is 126 Å². The number of benzene rings is 1. The average molecular weight is 291 g/mol. The van der Waals surface area contributed by atoms with E-state index in [-0.39, 0.29) is 5.56 Å². The standard InChI is InChI=1S/C17H25NO3/c1-4-8-21-16-14(17(19)20)6-5-7-15(16)18-10-12(2)9-13(3)11-18/h5-7,12-13H,4,8-11H2,1-3H3,(H,19,20)/t12-,13-/m0/s1. The topological polar surface area (TPSA) is 49.8 Å². The molecule has 1 aromatic carbocycles. The second kappa shape index (κ2) is 6.83. The van der Waals surface area contributed by atoms with Crippen LogP contribution in [0.4, 0.5) is 5.69 Å². The highest BCUT2D eigenvalue weighted by Gasteiger charge is 2.26. The lowest BCUT2D eigenvalue weighted by atomic mass is 9.91. The molecule has 2 atom stereocenters. The summed E-state index contributed by atoms with van der Waals surface area (Å²) < 4.78 is 5.78. The Morgan fingerprint density at radius 1 is 1.33 bits per heavy atom. The molecule has 1 N–H and O–H groups in total. The van der Waals surface area contributed by atoms with Gasteiger partial charge in [-0.15, -0.1) is 0 Å². The third-order valence-electron chi connectivity index (χ3n) is 3.88. The molecule has 1 aromatic rings. The maximum Gasteiger partial charge on any atom is 0.339 e. The summed E-state index contributed by atoms with van der Waals surface area (Å²) in [6, 6.07) is 5.40. The van der Waals surface area contributed by atoms with Crippen LogP contribution < -0.4 is 9.64 Å². The van der Waals surface area contributed by atoms with Crippen molar-refractivity contribution in [1.29, 1.82) is 0 Å². The highest BCUT2D eigenvalue weighted by Crippen LogP contribution is 2.36. The van der Waals surface area contributed by atoms with Gasteiger partial charge >= 0.3 is 5.97 Å². The van der Waals surface area contributed by atoms with Crippen molar-refractivity contribution >= 4 is 11.7 Å². The van der Waals surface area contributed by atoms with Gasteiger partial charge in [-0.05, 0) is 36.8 Å². The van der Waals surface area contributed by atoms with Gasteiger partial charge < -0.3 is 14.7 Å². The van der Waals surface area contributed by atoms with E-state index in [0.29, 0.717) is 24.2 Å². The molecule has 1 aliphatic rings. The molecule has 1 heterocycles. The molecule has 4 heteroatoms. The maximum atomic E-state index is 11.5. The van der Waals surface area contributed by atoms with Crippen molar-refractivity contribution in [1.82, 2.24) is 0 Å². The zero-order chi connectivity index (χ0) is 15.4. The summed E-state index contributed by atoms with van der Waals surface area (Å²) in [6.07, 6.45) is 2.08. The molecular formula is C17H25NO3. The van der Waals surface area contributed by atoms with Crippen molar-refractivity contribution in [2.45, 2.75) is 33.6 Å². The molecule has 0 spiro atoms. The summed E-state index contributed by atoms with van der Waals surface area (Å²) in [5.41, 5.74) is 1.17. The normalized spacial score (nSPS) is 22.1. The summed E-state index contributed by atoms with van der Waals surface area (Å²) in [7, 11) is 0. The predicted octanol–water partition coefficient (Wildman–Crippen LogP) is 3.66. The number of aromatic carboxylic acids is 1. The quantitative estimate of drug-likeness (QED) is 0.899. The highest BCUT2D eigenvalue weighted by molar-refractivity contribution is 5.93. The van der Waals surface area contributed by atoms with E-state index < -0.39 is 5.97 Å². The average Bonchev–Trinajstić information content (AvgIpc) is 2.43. The number of carboxylic acids is 1. The number of ether oxygens (including phenoxy) is 1. The molecule has 0 radical (unpaired) electrons. The van der Waals surface area contributed by atoms with E-state index >= 15 is 0 Å². The van der Waals surface area contributed by atoms with Crippen LogP contribution in [0, 0.1) is 11.8 Å². The van der Waals surface area contributed by atoms with Gasteiger partial charge in [0, 0.05) is 13.1 Å². The summed E-state index contributed by atoms with van der Waals surface area (Å²) in [4.78, 5) is 13.7. The lowest BCUT2D eigenvalue weighted by molar-refractivity contribution is 0.0692. The van der Waals surface area contributed by atoms with Gasteiger partial charge in [-0.3, -0.25) is 0 Å². The Kier molecular flexibility index (Phi) is 5.10. The molecule has 0 aromatic heterocycles. The number of carbonyl (C=O) groups is 1. The minimum atomic E-state index is -0.930. The SMILES string of the molecule is CCCOc1c(C(=O)O)cccc1N1C[C@@H](C)C[C@H](C)C1. The predicted molar refractivity (Wildman–Crippen MR) is 84.3 cm³/mol. The van der Waals surface area contributed by atoms with Crippen LogP contribution in [-0.2, 0) is 0 Å². The van der Waals surface area contributed by atoms with Gasteiger partial charge in [-0.1, -0.05) is 26.8 Å². The van der Waals surface area contributed by atoms with Crippen LogP contribution in [0.2, 0.25) is 0 Å². The number of rotatable bonds is 5. The molecule has 21 heavy (non-hydrogen) atoms. The summed E-state index contributed by atoms with van der Waals surface area (Å²) in [5.74, 6) is 0.816. The van der Waals surface area contributed by atoms with Crippen LogP contribution in [0.1, 0.15) is 44.0 Å². The van der Waals surface area contributed by atoms with Crippen molar-refractivity contribution in [2.24, 2.45) is 11.8 Å². The largest absolute Gasteiger partial charge is 0.491 e. The fourth-order valence-corrected chi connectivity index (χ4v) is 3.16. The van der Waals surface area contributed by atoms with E-state index in [2.05, 4.69) is 18.7 Å². The fraction of sp³-hybridized carbons (Fsp3) is 0.588. The number of para-hydroxylation sites is 1. The van der Waals surface area contributed by atoms with E-state index in [4.69, 9.17) is 4.74 Å². The number of anilines is 1. The first-order valence-corrected chi connectivity index (χ1v) is 7.77. The molecule has 4 nitrogen and oxygen atoms in total. The Morgan fingerprint density at radius 3 is 2.57 bits per heavy atom. The minimum Gasteiger partial charge on any atom is -0.491 e. The first-order valence-electron chi connectivity index (χ1n) is 7.77. The molecule has 2 rings (SSSR count). The van der Waals surface area contributed by atoms with E-state index in [9.17, 15) is 9.90 Å². The number of hydrogen-bond donors (Lipinski definition) is 1. The van der Waals surface area contributed by atoms with Gasteiger partial charge in [0.25, 0.3) is 0 Å². The van der Waals surface area contributed by atoms with Crippen LogP contribution in [0.25, 0.3) is 0 Å². The van der Waals surface area contributed by atoms with Crippen LogP contribution in [0.3, 0.4) is 0 Å². The van der Waals surface area contributed by atoms with Gasteiger partial charge in [0.1, 0.15) is 5.56 Å². The van der Waals surface area contributed by atoms with E-state index in [1.807, 2.05) is 19.1 Å². The van der Waals surface area contributed by atoms with Crippen molar-refractivity contribution in [2.75, 3.05) is 24.6 Å². The maximum absolute atomic E-state index is 11.5. The van der Waals surface area contributed by atoms with Crippen molar-refractivity contribution < 1.29 is 14.6 Å². The minimum absolute atomic E-state index is 0.256. The van der Waals surface area contributed by atoms with Crippen LogP contribution in [-0.4, -0.2) is 30.8 Å². The Bertz CT molecular complexity index is 491. The molecule has 1 fully saturated rings. The second-order valence-electron chi connectivity index (χ2n) is 6.16. The molecule has 116 valence electrons. The summed E-state index contributed by atoms with van der Waals surface area (Å²) in [6.45, 7) is 8.96. The summed E-state index contributed by atoms with van der Waals surface area (Å²) >= 11 is 0. The first kappa shape index (κ1) is 15.7. The third kappa shape index (κ3) is 3.69. The number of piperidine rings is 1. The number of hydrogen-bond acceptors (Lipinski definition) is 3. The van der Waals surface area contributed by atoms with Gasteiger partial charge in [0.15, 0.2) is 5.75 Å². The smallest absolute Gasteiger partial charge is 0.339 e. The van der Waals surface area contributed by atoms with Crippen molar-refractivity contribution in [3.8, 4) is 5.75 Å². The molecular weight excluding hydrogens is 266 g/mol. The van der Waals surface area contributed by atoms with Crippen LogP contribution in [0.15, 0.2) is 18.2 Å². The Morgan fingerprint density at radius 2 is 2.00 bits per heavy atom. The van der Waals surface area contributed by atoms with Gasteiger partial charge in [-0.2, -0.15) is 0 Å². The molecule has 0 bridgehead atoms. The Balaban J connectivity index is 2.36. The molecule has 1 aliphatic heterocycles. The van der Waals surface area contributed by atoms with Crippen LogP contribution >= 0.6 is 0 Å². The van der Waals surface area contributed by atoms with Crippen LogP contribution in [0.5, 0.6) is 5.75 Å². The summed E-state index contributed by atoms with van der Waals surface area (Å²) in [5, 5.41) is 9.39. The van der Waals surface area contributed by atoms with E-state index in [0.717, 1.165) is 25.2 Å². The third-order valence-corrected chi connectivity index (χ3v) is 3.88. The van der Waals surface area contributed by atoms with E-state index in [1.54, 1.807) is 6.07 Å². The first-order chi connectivity index (χ1) is 10.0. The monoisotopic (exact) mass is 291 g/mol. The number of carboxylic acid groups (broad SMARTS) is 1. The molecule has 1 saturated heterocycles. The van der Waals surface area contributed by atoms with E-state index in [1.165, 1.54) is 6.42 Å². The molecule has 0 amide bonds. The fourth-order valence-electron chi connectivity index (χ4n) is 3.16. The number of nitrogens with zero attached hydrogens (tertiary/aromatic N) is 1. The lowest BCUT2D eigenvalue weighted by Gasteiger charge is -2.37. The Hall–Kier alpha value is -1.71.